The minimum Gasteiger partial charge on any atom is -0.485 e. The summed E-state index contributed by atoms with van der Waals surface area (Å²) in [4.78, 5) is 17.1. The van der Waals surface area contributed by atoms with E-state index in [0.717, 1.165) is 5.56 Å². The number of pyridine rings is 1. The summed E-state index contributed by atoms with van der Waals surface area (Å²) in [5.74, 6) is -1.34. The molecule has 148 valence electrons. The molecular weight excluding hydrogens is 366 g/mol. The summed E-state index contributed by atoms with van der Waals surface area (Å²) in [5, 5.41) is 2.81. The van der Waals surface area contributed by atoms with E-state index >= 15 is 0 Å². The molecule has 0 fully saturated rings. The number of hydrogen-bond acceptors (Lipinski definition) is 4. The molecule has 1 unspecified atom stereocenters. The number of nitrogens with zero attached hydrogens (tertiary/aromatic N) is 2. The number of fused-ring (bicyclic) bond motifs is 1. The Morgan fingerprint density at radius 2 is 2.00 bits per heavy atom. The van der Waals surface area contributed by atoms with Crippen molar-refractivity contribution in [1.29, 1.82) is 0 Å². The average Bonchev–Trinajstić information content (AvgIpc) is 2.96. The largest absolute Gasteiger partial charge is 0.485 e. The highest BCUT2D eigenvalue weighted by molar-refractivity contribution is 5.95. The van der Waals surface area contributed by atoms with Crippen molar-refractivity contribution < 1.29 is 18.3 Å². The third-order valence-electron chi connectivity index (χ3n) is 4.38. The fraction of sp³-hybridized carbons (Fsp3) is 0.300. The van der Waals surface area contributed by atoms with Crippen molar-refractivity contribution >= 4 is 11.6 Å². The molecule has 0 saturated heterocycles. The minimum atomic E-state index is -0.681. The van der Waals surface area contributed by atoms with Gasteiger partial charge in [0.1, 0.15) is 23.9 Å². The van der Waals surface area contributed by atoms with Gasteiger partial charge in [-0.3, -0.25) is 9.20 Å². The summed E-state index contributed by atoms with van der Waals surface area (Å²) in [6, 6.07) is 5.17. The zero-order valence-electron chi connectivity index (χ0n) is 15.9. The minimum absolute atomic E-state index is 0.167. The molecule has 0 radical (unpaired) electrons. The van der Waals surface area contributed by atoms with Gasteiger partial charge in [0.05, 0.1) is 11.3 Å². The predicted molar refractivity (Wildman–Crippen MR) is 101 cm³/mol. The lowest BCUT2D eigenvalue weighted by atomic mass is 10.2. The molecule has 28 heavy (non-hydrogen) atoms. The van der Waals surface area contributed by atoms with Gasteiger partial charge in [-0.2, -0.15) is 0 Å². The number of hydrogen-bond donors (Lipinski definition) is 2. The van der Waals surface area contributed by atoms with Crippen molar-refractivity contribution in [3.05, 3.63) is 64.6 Å². The lowest BCUT2D eigenvalue weighted by Gasteiger charge is -2.13. The second kappa shape index (κ2) is 7.93. The number of imidazole rings is 1. The second-order valence-corrected chi connectivity index (χ2v) is 6.72. The number of aromatic nitrogens is 2. The lowest BCUT2D eigenvalue weighted by molar-refractivity contribution is 0.0934. The van der Waals surface area contributed by atoms with Crippen LogP contribution in [0.1, 0.15) is 34.2 Å². The Morgan fingerprint density at radius 1 is 1.32 bits per heavy atom. The Bertz CT molecular complexity index is 1010. The van der Waals surface area contributed by atoms with E-state index in [0.29, 0.717) is 29.3 Å². The number of rotatable bonds is 6. The molecule has 8 heteroatoms. The molecule has 2 aromatic heterocycles. The monoisotopic (exact) mass is 388 g/mol. The fourth-order valence-corrected chi connectivity index (χ4v) is 2.91. The number of benzene rings is 1. The Morgan fingerprint density at radius 3 is 2.64 bits per heavy atom. The molecule has 6 nitrogen and oxygen atoms in total. The van der Waals surface area contributed by atoms with Crippen molar-refractivity contribution in [3.8, 4) is 5.75 Å². The smallest absolute Gasteiger partial charge is 0.270 e. The van der Waals surface area contributed by atoms with Crippen LogP contribution in [0, 0.1) is 25.5 Å². The van der Waals surface area contributed by atoms with E-state index in [2.05, 4.69) is 10.3 Å². The molecule has 1 amide bonds. The molecule has 2 heterocycles. The lowest BCUT2D eigenvalue weighted by Crippen LogP contribution is -2.38. The average molecular weight is 388 g/mol. The van der Waals surface area contributed by atoms with Crippen LogP contribution in [0.25, 0.3) is 5.65 Å². The topological polar surface area (TPSA) is 81.6 Å². The van der Waals surface area contributed by atoms with E-state index in [-0.39, 0.29) is 24.1 Å². The van der Waals surface area contributed by atoms with E-state index in [4.69, 9.17) is 10.5 Å². The number of carbonyl (C=O) groups is 1. The summed E-state index contributed by atoms with van der Waals surface area (Å²) in [7, 11) is 0. The maximum atomic E-state index is 13.9. The van der Waals surface area contributed by atoms with Crippen molar-refractivity contribution in [2.45, 2.75) is 33.4 Å². The van der Waals surface area contributed by atoms with Crippen LogP contribution in [0.4, 0.5) is 8.78 Å². The quantitative estimate of drug-likeness (QED) is 0.680. The molecule has 0 aliphatic carbocycles. The van der Waals surface area contributed by atoms with Crippen LogP contribution in [-0.4, -0.2) is 27.9 Å². The molecule has 1 aromatic carbocycles. The van der Waals surface area contributed by atoms with E-state index in [1.165, 1.54) is 18.2 Å². The Balaban J connectivity index is 1.98. The van der Waals surface area contributed by atoms with E-state index < -0.39 is 11.6 Å². The van der Waals surface area contributed by atoms with E-state index in [1.54, 1.807) is 30.5 Å². The van der Waals surface area contributed by atoms with Gasteiger partial charge in [-0.1, -0.05) is 6.07 Å². The first-order chi connectivity index (χ1) is 13.3. The van der Waals surface area contributed by atoms with Crippen LogP contribution in [0.3, 0.4) is 0 Å². The molecule has 0 saturated carbocycles. The first kappa shape index (κ1) is 19.8. The Labute approximate surface area is 161 Å². The van der Waals surface area contributed by atoms with E-state index in [1.807, 2.05) is 6.92 Å². The third kappa shape index (κ3) is 3.82. The van der Waals surface area contributed by atoms with Gasteiger partial charge in [-0.25, -0.2) is 13.8 Å². The molecule has 0 spiro atoms. The zero-order chi connectivity index (χ0) is 20.4. The fourth-order valence-electron chi connectivity index (χ4n) is 2.91. The van der Waals surface area contributed by atoms with Gasteiger partial charge in [0.15, 0.2) is 11.4 Å². The van der Waals surface area contributed by atoms with Gasteiger partial charge < -0.3 is 15.8 Å². The molecule has 3 aromatic rings. The van der Waals surface area contributed by atoms with Crippen LogP contribution in [0.15, 0.2) is 30.5 Å². The summed E-state index contributed by atoms with van der Waals surface area (Å²) >= 11 is 0. The zero-order valence-corrected chi connectivity index (χ0v) is 15.9. The van der Waals surface area contributed by atoms with Crippen LogP contribution >= 0.6 is 0 Å². The maximum absolute atomic E-state index is 13.9. The van der Waals surface area contributed by atoms with E-state index in [9.17, 15) is 13.6 Å². The van der Waals surface area contributed by atoms with Gasteiger partial charge in [-0.05, 0) is 44.5 Å². The maximum Gasteiger partial charge on any atom is 0.270 e. The molecule has 0 bridgehead atoms. The Kier molecular flexibility index (Phi) is 5.60. The van der Waals surface area contributed by atoms with Gasteiger partial charge in [0.25, 0.3) is 5.91 Å². The highest BCUT2D eigenvalue weighted by Crippen LogP contribution is 2.26. The number of halogens is 2. The first-order valence-electron chi connectivity index (χ1n) is 8.87. The normalized spacial score (nSPS) is 12.2. The van der Waals surface area contributed by atoms with Crippen LogP contribution in [0.5, 0.6) is 5.75 Å². The van der Waals surface area contributed by atoms with Crippen molar-refractivity contribution in [3.63, 3.8) is 0 Å². The molecule has 3 N–H and O–H groups in total. The highest BCUT2D eigenvalue weighted by Gasteiger charge is 2.21. The highest BCUT2D eigenvalue weighted by atomic mass is 19.1. The van der Waals surface area contributed by atoms with Gasteiger partial charge in [0, 0.05) is 18.8 Å². The predicted octanol–water partition coefficient (Wildman–Crippen LogP) is 2.89. The van der Waals surface area contributed by atoms with Gasteiger partial charge in [0.2, 0.25) is 0 Å². The second-order valence-electron chi connectivity index (χ2n) is 6.72. The molecule has 1 atom stereocenters. The number of nitrogens with one attached hydrogen (secondary N) is 1. The molecule has 0 aliphatic heterocycles. The van der Waals surface area contributed by atoms with Crippen LogP contribution < -0.4 is 15.8 Å². The summed E-state index contributed by atoms with van der Waals surface area (Å²) in [6.07, 6.45) is 1.76. The van der Waals surface area contributed by atoms with Gasteiger partial charge in [-0.15, -0.1) is 0 Å². The third-order valence-corrected chi connectivity index (χ3v) is 4.38. The summed E-state index contributed by atoms with van der Waals surface area (Å²) in [5.41, 5.74) is 7.47. The molecule has 3 rings (SSSR count). The van der Waals surface area contributed by atoms with Crippen molar-refractivity contribution in [2.24, 2.45) is 5.73 Å². The summed E-state index contributed by atoms with van der Waals surface area (Å²) in [6.45, 7) is 5.36. The van der Waals surface area contributed by atoms with Crippen LogP contribution in [-0.2, 0) is 6.61 Å². The SMILES string of the molecule is Cc1cc(OCc2c(F)cccc2F)c2nc(C)c(C(=O)NC(C)CN)n2c1. The number of aryl methyl sites for hydroxylation is 2. The molecular formula is C20H22F2N4O2. The number of carbonyl (C=O) groups excluding carboxylic acids is 1. The Hall–Kier alpha value is -3.00. The first-order valence-corrected chi connectivity index (χ1v) is 8.87. The van der Waals surface area contributed by atoms with Gasteiger partial charge >= 0.3 is 0 Å². The summed E-state index contributed by atoms with van der Waals surface area (Å²) < 4.78 is 35.0. The number of ether oxygens (including phenoxy) is 1. The van der Waals surface area contributed by atoms with Crippen LogP contribution in [0.2, 0.25) is 0 Å². The number of nitrogens with two attached hydrogens (primary N) is 1. The molecule has 0 aliphatic rings. The van der Waals surface area contributed by atoms with Crippen molar-refractivity contribution in [2.75, 3.05) is 6.54 Å². The standard InChI is InChI=1S/C20H22F2N4O2/c1-11-7-17(28-10-14-15(21)5-4-6-16(14)22)19-25-13(3)18(26(19)9-11)20(27)24-12(2)8-23/h4-7,9,12H,8,10,23H2,1-3H3,(H,24,27). The number of amides is 1. The van der Waals surface area contributed by atoms with Crippen molar-refractivity contribution in [1.82, 2.24) is 14.7 Å².